The molecule has 0 aromatic carbocycles. The van der Waals surface area contributed by atoms with Gasteiger partial charge in [0.05, 0.1) is 6.42 Å². The lowest BCUT2D eigenvalue weighted by Crippen LogP contribution is -2.30. The Labute approximate surface area is 423 Å². The van der Waals surface area contributed by atoms with Crippen LogP contribution in [0.4, 0.5) is 0 Å². The van der Waals surface area contributed by atoms with Gasteiger partial charge in [-0.25, -0.2) is 0 Å². The minimum Gasteiger partial charge on any atom is -0.462 e. The highest BCUT2D eigenvalue weighted by Gasteiger charge is 2.19. The Balaban J connectivity index is 4.30. The Morgan fingerprint density at radius 2 is 0.609 bits per heavy atom. The van der Waals surface area contributed by atoms with Gasteiger partial charge < -0.3 is 14.2 Å². The van der Waals surface area contributed by atoms with Gasteiger partial charge in [0.25, 0.3) is 0 Å². The first kappa shape index (κ1) is 64.3. The second-order valence-electron chi connectivity index (χ2n) is 17.4. The Kier molecular flexibility index (Phi) is 52.1. The van der Waals surface area contributed by atoms with Crippen LogP contribution in [0.25, 0.3) is 0 Å². The van der Waals surface area contributed by atoms with E-state index in [0.717, 1.165) is 122 Å². The van der Waals surface area contributed by atoms with Crippen molar-refractivity contribution in [3.8, 4) is 0 Å². The molecule has 0 saturated heterocycles. The summed E-state index contributed by atoms with van der Waals surface area (Å²) in [5.41, 5.74) is 0. The number of rotatable bonds is 47. The van der Waals surface area contributed by atoms with Gasteiger partial charge >= 0.3 is 17.9 Å². The molecule has 0 spiro atoms. The second-order valence-corrected chi connectivity index (χ2v) is 17.4. The summed E-state index contributed by atoms with van der Waals surface area (Å²) in [5, 5.41) is 0. The van der Waals surface area contributed by atoms with Crippen molar-refractivity contribution in [2.45, 2.75) is 219 Å². The fourth-order valence-electron chi connectivity index (χ4n) is 6.85. The lowest BCUT2D eigenvalue weighted by Gasteiger charge is -2.18. The van der Waals surface area contributed by atoms with Crippen molar-refractivity contribution in [3.05, 3.63) is 146 Å². The molecule has 69 heavy (non-hydrogen) atoms. The van der Waals surface area contributed by atoms with Gasteiger partial charge in [-0.05, 0) is 103 Å². The van der Waals surface area contributed by atoms with Crippen molar-refractivity contribution in [3.63, 3.8) is 0 Å². The number of hydrogen-bond donors (Lipinski definition) is 0. The van der Waals surface area contributed by atoms with Crippen LogP contribution >= 0.6 is 0 Å². The van der Waals surface area contributed by atoms with Crippen LogP contribution in [0.5, 0.6) is 0 Å². The zero-order chi connectivity index (χ0) is 50.0. The molecule has 386 valence electrons. The molecule has 0 amide bonds. The summed E-state index contributed by atoms with van der Waals surface area (Å²) in [7, 11) is 0. The molecule has 0 saturated carbocycles. The lowest BCUT2D eigenvalue weighted by atomic mass is 10.1. The fraction of sp³-hybridized carbons (Fsp3) is 0.571. The summed E-state index contributed by atoms with van der Waals surface area (Å²) in [5.74, 6) is -1.08. The summed E-state index contributed by atoms with van der Waals surface area (Å²) < 4.78 is 16.6. The molecular weight excluding hydrogens is 853 g/mol. The van der Waals surface area contributed by atoms with E-state index in [2.05, 4.69) is 154 Å². The average Bonchev–Trinajstić information content (AvgIpc) is 3.35. The molecule has 0 N–H and O–H groups in total. The summed E-state index contributed by atoms with van der Waals surface area (Å²) in [6, 6.07) is 0. The van der Waals surface area contributed by atoms with Gasteiger partial charge in [0.2, 0.25) is 0 Å². The molecule has 0 aliphatic rings. The SMILES string of the molecule is CC/C=C\C/C=C\C/C=C\C/C=C\C/C=C\C/C=C\C/C=C\CCCCCCCCCC(=O)OCC(COC(=O)CCCCCCCCC)OC(=O)C/C=C\C/C=C\C/C=C\C/C=C\C/C=C\CC. The average molecular weight is 951 g/mol. The Hall–Kier alpha value is -4.71. The van der Waals surface area contributed by atoms with Crippen LogP contribution in [-0.2, 0) is 28.6 Å². The number of ether oxygens (including phenoxy) is 3. The normalized spacial score (nSPS) is 13.3. The van der Waals surface area contributed by atoms with E-state index in [9.17, 15) is 14.4 Å². The van der Waals surface area contributed by atoms with E-state index in [0.29, 0.717) is 19.3 Å². The van der Waals surface area contributed by atoms with Crippen LogP contribution in [-0.4, -0.2) is 37.2 Å². The Morgan fingerprint density at radius 3 is 0.957 bits per heavy atom. The van der Waals surface area contributed by atoms with Gasteiger partial charge in [-0.3, -0.25) is 14.4 Å². The molecule has 6 heteroatoms. The zero-order valence-electron chi connectivity index (χ0n) is 44.0. The minimum atomic E-state index is -0.839. The van der Waals surface area contributed by atoms with Crippen LogP contribution in [0.3, 0.4) is 0 Å². The van der Waals surface area contributed by atoms with Gasteiger partial charge in [-0.2, -0.15) is 0 Å². The largest absolute Gasteiger partial charge is 0.462 e. The van der Waals surface area contributed by atoms with Crippen molar-refractivity contribution in [1.29, 1.82) is 0 Å². The maximum atomic E-state index is 12.7. The number of carbonyl (C=O) groups is 3. The molecule has 0 rings (SSSR count). The third-order valence-electron chi connectivity index (χ3n) is 10.9. The third kappa shape index (κ3) is 54.1. The van der Waals surface area contributed by atoms with Gasteiger partial charge in [0, 0.05) is 12.8 Å². The molecule has 0 aromatic heterocycles. The van der Waals surface area contributed by atoms with Gasteiger partial charge in [0.15, 0.2) is 6.10 Å². The molecule has 1 unspecified atom stereocenters. The first-order valence-corrected chi connectivity index (χ1v) is 27.3. The third-order valence-corrected chi connectivity index (χ3v) is 10.9. The number of esters is 3. The molecule has 0 radical (unpaired) electrons. The first-order valence-electron chi connectivity index (χ1n) is 27.3. The van der Waals surface area contributed by atoms with Crippen molar-refractivity contribution >= 4 is 17.9 Å². The quantitative estimate of drug-likeness (QED) is 0.0262. The van der Waals surface area contributed by atoms with Crippen LogP contribution in [0.15, 0.2) is 146 Å². The maximum Gasteiger partial charge on any atom is 0.310 e. The van der Waals surface area contributed by atoms with Gasteiger partial charge in [-0.1, -0.05) is 237 Å². The Morgan fingerprint density at radius 1 is 0.319 bits per heavy atom. The number of allylic oxidation sites excluding steroid dienone is 23. The highest BCUT2D eigenvalue weighted by molar-refractivity contribution is 5.72. The van der Waals surface area contributed by atoms with Crippen LogP contribution < -0.4 is 0 Å². The highest BCUT2D eigenvalue weighted by Crippen LogP contribution is 2.13. The molecular formula is C63H98O6. The van der Waals surface area contributed by atoms with Crippen molar-refractivity contribution < 1.29 is 28.6 Å². The summed E-state index contributed by atoms with van der Waals surface area (Å²) >= 11 is 0. The van der Waals surface area contributed by atoms with Crippen molar-refractivity contribution in [1.82, 2.24) is 0 Å². The first-order chi connectivity index (χ1) is 34.0. The smallest absolute Gasteiger partial charge is 0.310 e. The molecule has 6 nitrogen and oxygen atoms in total. The monoisotopic (exact) mass is 951 g/mol. The molecule has 0 heterocycles. The number of carbonyl (C=O) groups excluding carboxylic acids is 3. The Bertz CT molecular complexity index is 1560. The molecule has 0 aliphatic carbocycles. The summed E-state index contributed by atoms with van der Waals surface area (Å²) in [4.78, 5) is 37.8. The number of unbranched alkanes of at least 4 members (excludes halogenated alkanes) is 13. The van der Waals surface area contributed by atoms with Gasteiger partial charge in [0.1, 0.15) is 13.2 Å². The molecule has 0 aromatic rings. The van der Waals surface area contributed by atoms with Gasteiger partial charge in [-0.15, -0.1) is 0 Å². The van der Waals surface area contributed by atoms with E-state index < -0.39 is 12.1 Å². The molecule has 1 atom stereocenters. The standard InChI is InChI=1S/C63H98O6/c1-4-7-10-13-16-18-20-22-24-25-26-27-28-29-30-31-32-33-34-35-36-37-39-40-42-44-47-50-53-56-62(65)68-59-60(58-67-61(64)55-52-49-46-15-12-9-6-3)69-63(66)57-54-51-48-45-43-41-38-23-21-19-17-14-11-8-5-2/h7-8,10-11,16-19,22-24,26-27,29-30,32-33,35-36,38,43,45,51,54,60H,4-6,9,12-15,20-21,25,28,31,34,37,39-42,44,46-50,52-53,55-59H2,1-3H3/b10-7-,11-8-,18-16-,19-17-,24-22-,27-26-,30-29-,33-32-,36-35-,38-23-,45-43-,54-51-. The van der Waals surface area contributed by atoms with E-state index in [1.54, 1.807) is 6.08 Å². The fourth-order valence-corrected chi connectivity index (χ4v) is 6.85. The zero-order valence-corrected chi connectivity index (χ0v) is 44.0. The highest BCUT2D eigenvalue weighted by atomic mass is 16.6. The predicted octanol–water partition coefficient (Wildman–Crippen LogP) is 18.4. The van der Waals surface area contributed by atoms with Crippen LogP contribution in [0.1, 0.15) is 213 Å². The van der Waals surface area contributed by atoms with Crippen LogP contribution in [0, 0.1) is 0 Å². The maximum absolute atomic E-state index is 12.7. The van der Waals surface area contributed by atoms with E-state index in [1.807, 2.05) is 6.08 Å². The van der Waals surface area contributed by atoms with Crippen LogP contribution in [0.2, 0.25) is 0 Å². The van der Waals surface area contributed by atoms with E-state index in [1.165, 1.54) is 44.9 Å². The van der Waals surface area contributed by atoms with E-state index in [4.69, 9.17) is 14.2 Å². The van der Waals surface area contributed by atoms with E-state index >= 15 is 0 Å². The minimum absolute atomic E-state index is 0.0890. The summed E-state index contributed by atoms with van der Waals surface area (Å²) in [6.07, 6.45) is 80.3. The topological polar surface area (TPSA) is 78.9 Å². The lowest BCUT2D eigenvalue weighted by molar-refractivity contribution is -0.166. The van der Waals surface area contributed by atoms with E-state index in [-0.39, 0.29) is 31.6 Å². The predicted molar refractivity (Wildman–Crippen MR) is 297 cm³/mol. The molecule has 0 bridgehead atoms. The second kappa shape index (κ2) is 55.9. The molecule has 0 fully saturated rings. The van der Waals surface area contributed by atoms with Crippen molar-refractivity contribution in [2.24, 2.45) is 0 Å². The number of hydrogen-bond acceptors (Lipinski definition) is 6. The van der Waals surface area contributed by atoms with Crippen molar-refractivity contribution in [2.75, 3.05) is 13.2 Å². The molecule has 0 aliphatic heterocycles. The summed E-state index contributed by atoms with van der Waals surface area (Å²) in [6.45, 7) is 6.25.